The van der Waals surface area contributed by atoms with Crippen LogP contribution in [0.5, 0.6) is 0 Å². The van der Waals surface area contributed by atoms with Gasteiger partial charge in [-0.2, -0.15) is 0 Å². The van der Waals surface area contributed by atoms with Gasteiger partial charge in [-0.25, -0.2) is 14.8 Å². The number of carboxylic acid groups (broad SMARTS) is 1. The van der Waals surface area contributed by atoms with Crippen LogP contribution in [-0.2, 0) is 6.42 Å². The van der Waals surface area contributed by atoms with E-state index in [4.69, 9.17) is 5.11 Å². The third kappa shape index (κ3) is 3.00. The number of carbonyl (C=O) groups is 2. The molecule has 0 aliphatic heterocycles. The first-order valence-corrected chi connectivity index (χ1v) is 6.80. The molecule has 0 aliphatic carbocycles. The average molecular weight is 291 g/mol. The fourth-order valence-electron chi connectivity index (χ4n) is 1.63. The molecule has 2 aromatic heterocycles. The number of thiazole rings is 1. The summed E-state index contributed by atoms with van der Waals surface area (Å²) in [6, 6.07) is 2.72. The van der Waals surface area contributed by atoms with Gasteiger partial charge < -0.3 is 5.11 Å². The fourth-order valence-corrected chi connectivity index (χ4v) is 2.53. The fraction of sp³-hybridized carbons (Fsp3) is 0.231. The number of hydrogen-bond donors (Lipinski definition) is 2. The molecule has 2 rings (SSSR count). The summed E-state index contributed by atoms with van der Waals surface area (Å²) in [5.41, 5.74) is 1.16. The van der Waals surface area contributed by atoms with Crippen LogP contribution in [0.15, 0.2) is 18.3 Å². The maximum atomic E-state index is 12.0. The third-order valence-corrected chi connectivity index (χ3v) is 3.62. The van der Waals surface area contributed by atoms with Gasteiger partial charge in [0.1, 0.15) is 5.69 Å². The number of aryl methyl sites for hydroxylation is 2. The van der Waals surface area contributed by atoms with E-state index < -0.39 is 5.97 Å². The number of carbonyl (C=O) groups excluding carboxylic acids is 1. The lowest BCUT2D eigenvalue weighted by atomic mass is 10.2. The van der Waals surface area contributed by atoms with E-state index in [0.717, 1.165) is 17.0 Å². The minimum absolute atomic E-state index is 0.0973. The van der Waals surface area contributed by atoms with Crippen LogP contribution >= 0.6 is 11.3 Å². The van der Waals surface area contributed by atoms with E-state index in [-0.39, 0.29) is 11.6 Å². The van der Waals surface area contributed by atoms with Gasteiger partial charge in [-0.15, -0.1) is 11.3 Å². The van der Waals surface area contributed by atoms with Gasteiger partial charge >= 0.3 is 5.97 Å². The number of anilines is 1. The predicted molar refractivity (Wildman–Crippen MR) is 75.4 cm³/mol. The molecule has 0 atom stereocenters. The summed E-state index contributed by atoms with van der Waals surface area (Å²) in [4.78, 5) is 31.7. The van der Waals surface area contributed by atoms with Crippen molar-refractivity contribution in [2.24, 2.45) is 0 Å². The lowest BCUT2D eigenvalue weighted by molar-refractivity contribution is 0.0690. The molecule has 0 radical (unpaired) electrons. The third-order valence-electron chi connectivity index (χ3n) is 2.69. The van der Waals surface area contributed by atoms with Crippen molar-refractivity contribution in [3.8, 4) is 0 Å². The number of aromatic nitrogens is 2. The number of rotatable bonds is 4. The molecule has 104 valence electrons. The average Bonchev–Trinajstić information content (AvgIpc) is 2.78. The smallest absolute Gasteiger partial charge is 0.354 e. The summed E-state index contributed by atoms with van der Waals surface area (Å²) in [5.74, 6) is -1.48. The predicted octanol–water partition coefficient (Wildman–Crippen LogP) is 2.36. The molecule has 0 fully saturated rings. The summed E-state index contributed by atoms with van der Waals surface area (Å²) >= 11 is 1.41. The maximum absolute atomic E-state index is 12.0. The van der Waals surface area contributed by atoms with Crippen molar-refractivity contribution in [1.29, 1.82) is 0 Å². The molecule has 0 aliphatic rings. The van der Waals surface area contributed by atoms with Crippen LogP contribution in [0.4, 0.5) is 5.13 Å². The first-order valence-electron chi connectivity index (χ1n) is 5.98. The monoisotopic (exact) mass is 291 g/mol. The van der Waals surface area contributed by atoms with Crippen LogP contribution in [-0.4, -0.2) is 27.0 Å². The summed E-state index contributed by atoms with van der Waals surface area (Å²) in [5, 5.41) is 12.0. The summed E-state index contributed by atoms with van der Waals surface area (Å²) in [6.45, 7) is 3.96. The highest BCUT2D eigenvalue weighted by molar-refractivity contribution is 7.15. The van der Waals surface area contributed by atoms with Crippen LogP contribution in [0.3, 0.4) is 0 Å². The Bertz CT molecular complexity index is 649. The van der Waals surface area contributed by atoms with Gasteiger partial charge in [0, 0.05) is 11.1 Å². The zero-order valence-corrected chi connectivity index (χ0v) is 11.8. The molecular weight excluding hydrogens is 278 g/mol. The van der Waals surface area contributed by atoms with E-state index in [0.29, 0.717) is 10.7 Å². The second kappa shape index (κ2) is 5.79. The lowest BCUT2D eigenvalue weighted by Gasteiger charge is -2.01. The van der Waals surface area contributed by atoms with Crippen molar-refractivity contribution in [1.82, 2.24) is 9.97 Å². The normalized spacial score (nSPS) is 10.3. The number of nitrogens with one attached hydrogen (secondary N) is 1. The Labute approximate surface area is 119 Å². The van der Waals surface area contributed by atoms with Crippen molar-refractivity contribution in [2.45, 2.75) is 20.3 Å². The summed E-state index contributed by atoms with van der Waals surface area (Å²) < 4.78 is 0. The van der Waals surface area contributed by atoms with E-state index in [1.54, 1.807) is 0 Å². The van der Waals surface area contributed by atoms with E-state index >= 15 is 0 Å². The zero-order chi connectivity index (χ0) is 14.7. The Morgan fingerprint density at radius 2 is 2.15 bits per heavy atom. The molecule has 0 bridgehead atoms. The quantitative estimate of drug-likeness (QED) is 0.902. The Kier molecular flexibility index (Phi) is 4.09. The molecule has 1 amide bonds. The second-order valence-corrected chi connectivity index (χ2v) is 5.27. The van der Waals surface area contributed by atoms with Gasteiger partial charge in [-0.1, -0.05) is 6.92 Å². The molecule has 0 saturated heterocycles. The molecule has 2 N–H and O–H groups in total. The van der Waals surface area contributed by atoms with Gasteiger partial charge in [-0.3, -0.25) is 10.1 Å². The maximum Gasteiger partial charge on any atom is 0.354 e. The van der Waals surface area contributed by atoms with Crippen LogP contribution in [0, 0.1) is 6.92 Å². The van der Waals surface area contributed by atoms with E-state index in [9.17, 15) is 9.59 Å². The standard InChI is InChI=1S/C13H13N3O3S/c1-3-9-7(2)20-13(15-9)16-11(17)8-4-5-10(12(18)19)14-6-8/h4-6H,3H2,1-2H3,(H,18,19)(H,15,16,17). The Morgan fingerprint density at radius 3 is 2.65 bits per heavy atom. The zero-order valence-electron chi connectivity index (χ0n) is 11.0. The molecule has 6 nitrogen and oxygen atoms in total. The number of pyridine rings is 1. The lowest BCUT2D eigenvalue weighted by Crippen LogP contribution is -2.13. The number of amides is 1. The second-order valence-electron chi connectivity index (χ2n) is 4.07. The van der Waals surface area contributed by atoms with Crippen molar-refractivity contribution in [3.05, 3.63) is 40.2 Å². The molecule has 0 spiro atoms. The van der Waals surface area contributed by atoms with Gasteiger partial charge in [0.15, 0.2) is 5.13 Å². The Morgan fingerprint density at radius 1 is 1.40 bits per heavy atom. The highest BCUT2D eigenvalue weighted by Crippen LogP contribution is 2.22. The number of aromatic carboxylic acids is 1. The molecular formula is C13H13N3O3S. The number of carboxylic acids is 1. The summed E-state index contributed by atoms with van der Waals surface area (Å²) in [6.07, 6.45) is 2.05. The van der Waals surface area contributed by atoms with E-state index in [2.05, 4.69) is 15.3 Å². The molecule has 0 aromatic carbocycles. The molecule has 0 unspecified atom stereocenters. The summed E-state index contributed by atoms with van der Waals surface area (Å²) in [7, 11) is 0. The van der Waals surface area contributed by atoms with Crippen LogP contribution in [0.25, 0.3) is 0 Å². The Balaban J connectivity index is 2.13. The first kappa shape index (κ1) is 14.1. The van der Waals surface area contributed by atoms with E-state index in [1.165, 1.54) is 29.7 Å². The molecule has 2 heterocycles. The van der Waals surface area contributed by atoms with Crippen LogP contribution in [0.2, 0.25) is 0 Å². The molecule has 7 heteroatoms. The number of nitrogens with zero attached hydrogens (tertiary/aromatic N) is 2. The van der Waals surface area contributed by atoms with Crippen molar-refractivity contribution >= 4 is 28.3 Å². The van der Waals surface area contributed by atoms with Gasteiger partial charge in [0.2, 0.25) is 0 Å². The van der Waals surface area contributed by atoms with Gasteiger partial charge in [0.25, 0.3) is 5.91 Å². The van der Waals surface area contributed by atoms with E-state index in [1.807, 2.05) is 13.8 Å². The first-order chi connectivity index (χ1) is 9.51. The van der Waals surface area contributed by atoms with Gasteiger partial charge in [0.05, 0.1) is 11.3 Å². The molecule has 20 heavy (non-hydrogen) atoms. The van der Waals surface area contributed by atoms with Gasteiger partial charge in [-0.05, 0) is 25.5 Å². The highest BCUT2D eigenvalue weighted by atomic mass is 32.1. The molecule has 0 saturated carbocycles. The van der Waals surface area contributed by atoms with Crippen molar-refractivity contribution in [2.75, 3.05) is 5.32 Å². The SMILES string of the molecule is CCc1nc(NC(=O)c2ccc(C(=O)O)nc2)sc1C. The van der Waals surface area contributed by atoms with Crippen molar-refractivity contribution in [3.63, 3.8) is 0 Å². The largest absolute Gasteiger partial charge is 0.477 e. The highest BCUT2D eigenvalue weighted by Gasteiger charge is 2.12. The Hall–Kier alpha value is -2.28. The minimum Gasteiger partial charge on any atom is -0.477 e. The number of hydrogen-bond acceptors (Lipinski definition) is 5. The minimum atomic E-state index is -1.12. The topological polar surface area (TPSA) is 92.2 Å². The van der Waals surface area contributed by atoms with Crippen LogP contribution in [0.1, 0.15) is 38.3 Å². The van der Waals surface area contributed by atoms with Crippen molar-refractivity contribution < 1.29 is 14.7 Å². The molecule has 2 aromatic rings. The van der Waals surface area contributed by atoms with Crippen LogP contribution < -0.4 is 5.32 Å².